The van der Waals surface area contributed by atoms with Gasteiger partial charge in [0, 0.05) is 20.5 Å². The van der Waals surface area contributed by atoms with E-state index in [0.29, 0.717) is 0 Å². The minimum absolute atomic E-state index is 1.20. The summed E-state index contributed by atoms with van der Waals surface area (Å²) in [5, 5.41) is 1.43. The number of fused-ring (bicyclic) bond motifs is 7. The van der Waals surface area contributed by atoms with E-state index in [1.54, 1.807) is 4.88 Å². The smallest absolute Gasteiger partial charge is 0.0642 e. The van der Waals surface area contributed by atoms with Gasteiger partial charge in [0.2, 0.25) is 0 Å². The van der Waals surface area contributed by atoms with Crippen molar-refractivity contribution in [3.05, 3.63) is 40.8 Å². The van der Waals surface area contributed by atoms with Crippen LogP contribution in [-0.2, 0) is 6.42 Å². The van der Waals surface area contributed by atoms with E-state index in [2.05, 4.69) is 36.4 Å². The monoisotopic (exact) mass is 298 g/mol. The summed E-state index contributed by atoms with van der Waals surface area (Å²) >= 11 is 5.97. The van der Waals surface area contributed by atoms with Gasteiger partial charge in [0.1, 0.15) is 0 Å². The summed E-state index contributed by atoms with van der Waals surface area (Å²) in [7, 11) is 0. The summed E-state index contributed by atoms with van der Waals surface area (Å²) in [4.78, 5) is 1.59. The van der Waals surface area contributed by atoms with Crippen molar-refractivity contribution in [2.45, 2.75) is 12.8 Å². The predicted octanol–water partition coefficient (Wildman–Crippen LogP) is 6.29. The van der Waals surface area contributed by atoms with Gasteiger partial charge in [0.25, 0.3) is 0 Å². The normalized spacial score (nSPS) is 14.7. The van der Waals surface area contributed by atoms with Crippen molar-refractivity contribution in [2.75, 3.05) is 0 Å². The van der Waals surface area contributed by atoms with Crippen LogP contribution >= 0.6 is 34.0 Å². The van der Waals surface area contributed by atoms with Crippen LogP contribution in [0.4, 0.5) is 0 Å². The highest BCUT2D eigenvalue weighted by Gasteiger charge is 2.19. The molecule has 3 heterocycles. The molecule has 0 spiro atoms. The molecule has 0 unspecified atom stereocenters. The first-order chi connectivity index (χ1) is 9.42. The Balaban J connectivity index is 2.00. The van der Waals surface area contributed by atoms with Gasteiger partial charge in [0.05, 0.1) is 18.8 Å². The molecule has 3 aromatic heterocycles. The predicted molar refractivity (Wildman–Crippen MR) is 89.9 cm³/mol. The Kier molecular flexibility index (Phi) is 2.06. The summed E-state index contributed by atoms with van der Waals surface area (Å²) in [5.74, 6) is 0. The molecule has 0 radical (unpaired) electrons. The molecule has 0 aliphatic heterocycles. The molecule has 0 bridgehead atoms. The van der Waals surface area contributed by atoms with Gasteiger partial charge in [-0.25, -0.2) is 0 Å². The molecule has 0 N–H and O–H groups in total. The fourth-order valence-corrected chi connectivity index (χ4v) is 7.25. The van der Waals surface area contributed by atoms with Gasteiger partial charge in [-0.1, -0.05) is 30.4 Å². The molecule has 0 saturated heterocycles. The number of rotatable bonds is 0. The number of hydrogen-bond donors (Lipinski definition) is 0. The van der Waals surface area contributed by atoms with Crippen LogP contribution in [0, 0.1) is 0 Å². The third-order valence-electron chi connectivity index (χ3n) is 3.76. The largest absolute Gasteiger partial charge is 0.137 e. The maximum atomic E-state index is 2.33. The van der Waals surface area contributed by atoms with E-state index in [0.717, 1.165) is 0 Å². The van der Waals surface area contributed by atoms with Crippen molar-refractivity contribution in [1.82, 2.24) is 0 Å². The summed E-state index contributed by atoms with van der Waals surface area (Å²) in [6, 6.07) is 8.79. The molecular formula is C16H10S3. The van der Waals surface area contributed by atoms with Crippen LogP contribution in [0.15, 0.2) is 30.3 Å². The number of aryl methyl sites for hydroxylation is 1. The molecular weight excluding hydrogens is 288 g/mol. The average Bonchev–Trinajstić information content (AvgIpc) is 3.07. The Morgan fingerprint density at radius 2 is 1.74 bits per heavy atom. The first-order valence-corrected chi connectivity index (χ1v) is 8.89. The topological polar surface area (TPSA) is 0 Å². The number of allylic oxidation sites excluding steroid dienone is 1. The molecule has 0 atom stereocenters. The summed E-state index contributed by atoms with van der Waals surface area (Å²) in [6.07, 6.45) is 7.08. The van der Waals surface area contributed by atoms with Crippen LogP contribution in [-0.4, -0.2) is 0 Å². The van der Waals surface area contributed by atoms with Crippen LogP contribution < -0.4 is 0 Å². The van der Waals surface area contributed by atoms with E-state index in [1.807, 2.05) is 34.0 Å². The van der Waals surface area contributed by atoms with E-state index in [1.165, 1.54) is 47.3 Å². The highest BCUT2D eigenvalue weighted by atomic mass is 32.1. The van der Waals surface area contributed by atoms with Crippen LogP contribution in [0.3, 0.4) is 0 Å². The van der Waals surface area contributed by atoms with Gasteiger partial charge in [-0.05, 0) is 18.9 Å². The maximum Gasteiger partial charge on any atom is 0.0642 e. The van der Waals surface area contributed by atoms with Gasteiger partial charge in [-0.2, -0.15) is 0 Å². The standard InChI is InChI=1S/C16H10S3/c1-3-7-11-9(5-1)13-15(17-11)16-14(19-13)10-6-2-4-8-12(10)18-16/h1-3,5-7H,4,8H2. The SMILES string of the molecule is C1=Cc2c(sc3c2sc2c4ccccc4sc32)CC1. The second-order valence-corrected chi connectivity index (χ2v) is 8.07. The van der Waals surface area contributed by atoms with E-state index < -0.39 is 0 Å². The minimum Gasteiger partial charge on any atom is -0.137 e. The Bertz CT molecular complexity index is 962. The summed E-state index contributed by atoms with van der Waals surface area (Å²) in [6.45, 7) is 0. The molecule has 1 aliphatic rings. The van der Waals surface area contributed by atoms with Crippen molar-refractivity contribution in [1.29, 1.82) is 0 Å². The van der Waals surface area contributed by atoms with Crippen LogP contribution in [0.2, 0.25) is 0 Å². The molecule has 0 saturated carbocycles. The van der Waals surface area contributed by atoms with Gasteiger partial charge < -0.3 is 0 Å². The van der Waals surface area contributed by atoms with E-state index in [4.69, 9.17) is 0 Å². The Morgan fingerprint density at radius 3 is 2.74 bits per heavy atom. The zero-order valence-corrected chi connectivity index (χ0v) is 12.6. The molecule has 1 aromatic carbocycles. The molecule has 92 valence electrons. The van der Waals surface area contributed by atoms with Crippen molar-refractivity contribution in [3.63, 3.8) is 0 Å². The second-order valence-electron chi connectivity index (χ2n) is 4.90. The lowest BCUT2D eigenvalue weighted by atomic mass is 10.1. The van der Waals surface area contributed by atoms with Crippen molar-refractivity contribution in [3.8, 4) is 0 Å². The van der Waals surface area contributed by atoms with E-state index >= 15 is 0 Å². The summed E-state index contributed by atoms with van der Waals surface area (Å²) in [5.41, 5.74) is 1.50. The van der Waals surface area contributed by atoms with Crippen molar-refractivity contribution in [2.24, 2.45) is 0 Å². The van der Waals surface area contributed by atoms with Gasteiger partial charge in [-0.3, -0.25) is 0 Å². The number of benzene rings is 1. The molecule has 3 heteroatoms. The third kappa shape index (κ3) is 1.33. The van der Waals surface area contributed by atoms with Gasteiger partial charge >= 0.3 is 0 Å². The quantitative estimate of drug-likeness (QED) is 0.358. The van der Waals surface area contributed by atoms with Gasteiger partial charge in [-0.15, -0.1) is 34.0 Å². The van der Waals surface area contributed by atoms with E-state index in [9.17, 15) is 0 Å². The Morgan fingerprint density at radius 1 is 0.842 bits per heavy atom. The van der Waals surface area contributed by atoms with Crippen molar-refractivity contribution < 1.29 is 0 Å². The second kappa shape index (κ2) is 3.69. The van der Waals surface area contributed by atoms with Crippen molar-refractivity contribution >= 4 is 69.0 Å². The molecule has 4 aromatic rings. The molecule has 0 nitrogen and oxygen atoms in total. The lowest BCUT2D eigenvalue weighted by Crippen LogP contribution is -1.86. The number of hydrogen-bond acceptors (Lipinski definition) is 3. The van der Waals surface area contributed by atoms with Gasteiger partial charge in [0.15, 0.2) is 0 Å². The zero-order chi connectivity index (χ0) is 12.4. The Hall–Kier alpha value is -1.16. The molecule has 0 amide bonds. The van der Waals surface area contributed by atoms with Crippen LogP contribution in [0.5, 0.6) is 0 Å². The molecule has 19 heavy (non-hydrogen) atoms. The van der Waals surface area contributed by atoms with Crippen LogP contribution in [0.25, 0.3) is 35.0 Å². The highest BCUT2D eigenvalue weighted by Crippen LogP contribution is 2.50. The maximum absolute atomic E-state index is 2.33. The highest BCUT2D eigenvalue weighted by molar-refractivity contribution is 7.41. The summed E-state index contributed by atoms with van der Waals surface area (Å²) < 4.78 is 7.46. The average molecular weight is 298 g/mol. The van der Waals surface area contributed by atoms with E-state index in [-0.39, 0.29) is 0 Å². The zero-order valence-electron chi connectivity index (χ0n) is 10.1. The Labute approximate surface area is 122 Å². The molecule has 5 rings (SSSR count). The van der Waals surface area contributed by atoms with Crippen LogP contribution in [0.1, 0.15) is 16.9 Å². The number of thiophene rings is 3. The lowest BCUT2D eigenvalue weighted by molar-refractivity contribution is 1.02. The lowest BCUT2D eigenvalue weighted by Gasteiger charge is -2.02. The minimum atomic E-state index is 1.20. The third-order valence-corrected chi connectivity index (χ3v) is 7.87. The molecule has 1 aliphatic carbocycles. The first-order valence-electron chi connectivity index (χ1n) is 6.44. The fourth-order valence-electron chi connectivity index (χ4n) is 2.87. The fraction of sp³-hybridized carbons (Fsp3) is 0.125. The molecule has 0 fully saturated rings. The first kappa shape index (κ1) is 10.6.